The third-order valence-corrected chi connectivity index (χ3v) is 6.66. The third-order valence-electron chi connectivity index (χ3n) is 5.52. The summed E-state index contributed by atoms with van der Waals surface area (Å²) in [5.74, 6) is 0.983. The van der Waals surface area contributed by atoms with Crippen LogP contribution in [-0.2, 0) is 16.6 Å². The molecule has 0 bridgehead atoms. The number of hydrogen-bond acceptors (Lipinski definition) is 5. The van der Waals surface area contributed by atoms with Gasteiger partial charge < -0.3 is 14.8 Å². The second kappa shape index (κ2) is 9.15. The SMILES string of the molecule is Cc1ccc(N(Cc2ccc(C(=O)Nc3ccc4c(c3)OCCO4)cc2)S(C)(=O)=O)cc1C. The molecular formula is C25H26N2O5S. The van der Waals surface area contributed by atoms with Crippen molar-refractivity contribution in [3.05, 3.63) is 82.9 Å². The first-order valence-electron chi connectivity index (χ1n) is 10.6. The maximum Gasteiger partial charge on any atom is 0.255 e. The first-order valence-corrected chi connectivity index (χ1v) is 12.4. The molecule has 33 heavy (non-hydrogen) atoms. The molecule has 3 aromatic carbocycles. The number of carbonyl (C=O) groups is 1. The van der Waals surface area contributed by atoms with Gasteiger partial charge in [0.1, 0.15) is 13.2 Å². The fourth-order valence-electron chi connectivity index (χ4n) is 3.53. The zero-order valence-corrected chi connectivity index (χ0v) is 19.6. The molecule has 1 aliphatic heterocycles. The number of nitrogens with one attached hydrogen (secondary N) is 1. The quantitative estimate of drug-likeness (QED) is 0.586. The molecule has 172 valence electrons. The number of anilines is 2. The maximum atomic E-state index is 12.7. The molecule has 1 aliphatic rings. The molecular weight excluding hydrogens is 440 g/mol. The first-order chi connectivity index (χ1) is 15.7. The highest BCUT2D eigenvalue weighted by Gasteiger charge is 2.19. The summed E-state index contributed by atoms with van der Waals surface area (Å²) in [6, 6.07) is 17.7. The summed E-state index contributed by atoms with van der Waals surface area (Å²) in [7, 11) is -3.49. The Balaban J connectivity index is 1.48. The lowest BCUT2D eigenvalue weighted by atomic mass is 10.1. The van der Waals surface area contributed by atoms with Gasteiger partial charge >= 0.3 is 0 Å². The summed E-state index contributed by atoms with van der Waals surface area (Å²) in [5, 5.41) is 2.85. The molecule has 0 saturated carbocycles. The van der Waals surface area contributed by atoms with Crippen LogP contribution in [0.15, 0.2) is 60.7 Å². The average molecular weight is 467 g/mol. The smallest absolute Gasteiger partial charge is 0.255 e. The van der Waals surface area contributed by atoms with E-state index in [4.69, 9.17) is 9.47 Å². The lowest BCUT2D eigenvalue weighted by Crippen LogP contribution is -2.29. The van der Waals surface area contributed by atoms with Crippen molar-refractivity contribution in [2.45, 2.75) is 20.4 Å². The lowest BCUT2D eigenvalue weighted by molar-refractivity contribution is 0.102. The Morgan fingerprint density at radius 2 is 1.61 bits per heavy atom. The highest BCUT2D eigenvalue weighted by molar-refractivity contribution is 7.92. The third kappa shape index (κ3) is 5.28. The molecule has 1 N–H and O–H groups in total. The van der Waals surface area contributed by atoms with E-state index >= 15 is 0 Å². The minimum Gasteiger partial charge on any atom is -0.486 e. The van der Waals surface area contributed by atoms with Crippen LogP contribution in [0.2, 0.25) is 0 Å². The molecule has 0 saturated heterocycles. The van der Waals surface area contributed by atoms with Gasteiger partial charge in [-0.3, -0.25) is 9.10 Å². The van der Waals surface area contributed by atoms with Crippen LogP contribution in [0.25, 0.3) is 0 Å². The number of hydrogen-bond donors (Lipinski definition) is 1. The molecule has 0 aromatic heterocycles. The number of carbonyl (C=O) groups excluding carboxylic acids is 1. The van der Waals surface area contributed by atoms with E-state index in [1.54, 1.807) is 48.5 Å². The zero-order valence-electron chi connectivity index (χ0n) is 18.8. The standard InChI is InChI=1S/C25H26N2O5S/c1-17-4-10-22(14-18(17)2)27(33(3,29)30)16-19-5-7-20(8-6-19)25(28)26-21-9-11-23-24(15-21)32-13-12-31-23/h4-11,14-15H,12-13,16H2,1-3H3,(H,26,28). The van der Waals surface area contributed by atoms with Crippen LogP contribution in [0.1, 0.15) is 27.0 Å². The van der Waals surface area contributed by atoms with Crippen molar-refractivity contribution in [2.75, 3.05) is 29.1 Å². The van der Waals surface area contributed by atoms with Crippen molar-refractivity contribution in [3.8, 4) is 11.5 Å². The second-order valence-electron chi connectivity index (χ2n) is 8.05. The molecule has 0 atom stereocenters. The van der Waals surface area contributed by atoms with Crippen LogP contribution < -0.4 is 19.1 Å². The van der Waals surface area contributed by atoms with Crippen LogP contribution in [-0.4, -0.2) is 33.8 Å². The Hall–Kier alpha value is -3.52. The summed E-state index contributed by atoms with van der Waals surface area (Å²) < 4.78 is 37.3. The molecule has 1 amide bonds. The Labute approximate surface area is 194 Å². The molecule has 8 heteroatoms. The van der Waals surface area contributed by atoms with Crippen molar-refractivity contribution >= 4 is 27.3 Å². The van der Waals surface area contributed by atoms with Crippen molar-refractivity contribution in [1.82, 2.24) is 0 Å². The van der Waals surface area contributed by atoms with E-state index < -0.39 is 10.0 Å². The van der Waals surface area contributed by atoms with Crippen LogP contribution in [0.5, 0.6) is 11.5 Å². The van der Waals surface area contributed by atoms with Crippen molar-refractivity contribution in [2.24, 2.45) is 0 Å². The Morgan fingerprint density at radius 1 is 0.909 bits per heavy atom. The molecule has 0 unspecified atom stereocenters. The Bertz CT molecular complexity index is 1290. The second-order valence-corrected chi connectivity index (χ2v) is 9.95. The molecule has 0 fully saturated rings. The van der Waals surface area contributed by atoms with Gasteiger partial charge in [-0.15, -0.1) is 0 Å². The Morgan fingerprint density at radius 3 is 2.27 bits per heavy atom. The fraction of sp³-hybridized carbons (Fsp3) is 0.240. The predicted molar refractivity (Wildman–Crippen MR) is 129 cm³/mol. The number of sulfonamides is 1. The summed E-state index contributed by atoms with van der Waals surface area (Å²) in [5.41, 5.74) is 4.57. The number of nitrogens with zero attached hydrogens (tertiary/aromatic N) is 1. The lowest BCUT2D eigenvalue weighted by Gasteiger charge is -2.23. The van der Waals surface area contributed by atoms with E-state index in [1.807, 2.05) is 26.0 Å². The summed E-state index contributed by atoms with van der Waals surface area (Å²) in [4.78, 5) is 12.7. The predicted octanol–water partition coefficient (Wildman–Crippen LogP) is 4.29. The van der Waals surface area contributed by atoms with E-state index in [1.165, 1.54) is 10.6 Å². The van der Waals surface area contributed by atoms with Crippen molar-refractivity contribution < 1.29 is 22.7 Å². The summed E-state index contributed by atoms with van der Waals surface area (Å²) in [6.07, 6.45) is 1.19. The molecule has 1 heterocycles. The van der Waals surface area contributed by atoms with Gasteiger partial charge in [0.25, 0.3) is 5.91 Å². The minimum absolute atomic E-state index is 0.172. The Kier molecular flexibility index (Phi) is 6.29. The maximum absolute atomic E-state index is 12.7. The van der Waals surface area contributed by atoms with E-state index in [2.05, 4.69) is 5.32 Å². The van der Waals surface area contributed by atoms with Gasteiger partial charge in [0.05, 0.1) is 18.5 Å². The average Bonchev–Trinajstić information content (AvgIpc) is 2.79. The fourth-order valence-corrected chi connectivity index (χ4v) is 4.41. The molecule has 0 spiro atoms. The minimum atomic E-state index is -3.49. The van der Waals surface area contributed by atoms with E-state index in [0.717, 1.165) is 16.7 Å². The highest BCUT2D eigenvalue weighted by Crippen LogP contribution is 2.32. The van der Waals surface area contributed by atoms with Gasteiger partial charge in [-0.1, -0.05) is 18.2 Å². The number of ether oxygens (including phenoxy) is 2. The van der Waals surface area contributed by atoms with Crippen LogP contribution in [0.3, 0.4) is 0 Å². The van der Waals surface area contributed by atoms with Gasteiger partial charge in [0, 0.05) is 17.3 Å². The highest BCUT2D eigenvalue weighted by atomic mass is 32.2. The van der Waals surface area contributed by atoms with E-state index in [9.17, 15) is 13.2 Å². The van der Waals surface area contributed by atoms with E-state index in [0.29, 0.717) is 41.7 Å². The number of rotatable bonds is 6. The number of fused-ring (bicyclic) bond motifs is 1. The van der Waals surface area contributed by atoms with Gasteiger partial charge in [-0.2, -0.15) is 0 Å². The van der Waals surface area contributed by atoms with Crippen LogP contribution >= 0.6 is 0 Å². The number of amides is 1. The van der Waals surface area contributed by atoms with Gasteiger partial charge in [0.2, 0.25) is 10.0 Å². The van der Waals surface area contributed by atoms with E-state index in [-0.39, 0.29) is 12.5 Å². The van der Waals surface area contributed by atoms with Gasteiger partial charge in [0.15, 0.2) is 11.5 Å². The molecule has 0 radical (unpaired) electrons. The summed E-state index contributed by atoms with van der Waals surface area (Å²) >= 11 is 0. The van der Waals surface area contributed by atoms with Gasteiger partial charge in [-0.25, -0.2) is 8.42 Å². The topological polar surface area (TPSA) is 84.9 Å². The molecule has 4 rings (SSSR count). The van der Waals surface area contributed by atoms with Crippen molar-refractivity contribution in [3.63, 3.8) is 0 Å². The summed E-state index contributed by atoms with van der Waals surface area (Å²) in [6.45, 7) is 5.09. The number of benzene rings is 3. The number of aryl methyl sites for hydroxylation is 2. The molecule has 7 nitrogen and oxygen atoms in total. The van der Waals surface area contributed by atoms with Gasteiger partial charge in [-0.05, 0) is 66.9 Å². The largest absolute Gasteiger partial charge is 0.486 e. The van der Waals surface area contributed by atoms with Crippen LogP contribution in [0.4, 0.5) is 11.4 Å². The normalized spacial score (nSPS) is 12.8. The monoisotopic (exact) mass is 466 g/mol. The van der Waals surface area contributed by atoms with Crippen molar-refractivity contribution in [1.29, 1.82) is 0 Å². The molecule has 0 aliphatic carbocycles. The molecule has 3 aromatic rings. The first kappa shape index (κ1) is 22.7. The zero-order chi connectivity index (χ0) is 23.6. The van der Waals surface area contributed by atoms with Crippen LogP contribution in [0, 0.1) is 13.8 Å².